The predicted molar refractivity (Wildman–Crippen MR) is 426 cm³/mol. The summed E-state index contributed by atoms with van der Waals surface area (Å²) in [4.78, 5) is 87.3. The smallest absolute Gasteiger partial charge is 0.459 e. The molecule has 0 spiro atoms. The van der Waals surface area contributed by atoms with Gasteiger partial charge in [0.25, 0.3) is 11.1 Å². The lowest BCUT2D eigenvalue weighted by molar-refractivity contribution is -0.146. The second-order valence-corrected chi connectivity index (χ2v) is 33.5. The van der Waals surface area contributed by atoms with Crippen molar-refractivity contribution in [2.75, 3.05) is 33.0 Å². The number of H-pyrrole nitrogens is 2. The van der Waals surface area contributed by atoms with E-state index in [-0.39, 0.29) is 18.0 Å². The second-order valence-electron chi connectivity index (χ2n) is 26.0. The standard InChI is InChI=1S/C28H31ClN3O10P.C20H28NO4P.C17H21ClNO4P.C11H11ClN2O6/c1-3-4-16-39-25(35)18(2)31-43(38,42-21-11-7-9-19-8-5-6-10-20(19)21)40-17-22-24(34)28(37,13-14-29)26(41-22)32-15-12-23(33)30-27(32)36;1-5-6-14-24-20(22)16(4)21-26(23,15(2)3)25-19-13-9-11-17-10-7-8-12-18(17)19;1-3-4-12-22-17(20)13(2)19-24(18,21)23-16-11-7-9-14-8-5-6-10-15(14)16;12-3-2-11(19)8(17)6(5-15)20-9(11)14-4-1-7(16)13-10(14)18/h5-12,15,18,22,24,26,34,37H,3-4,16-17H2,1-2H3,(H,31,38)(H,30,33,36);7-13,15-16H,5-6,14H2,1-4H3,(H,21,23);5-11,13H,3-4,12H2,1-2H3,(H,19,21);1,4,6,8-9,15,17,19H,5H2,(H,13,16,18)/t18-,22+,24+,26+,28+,43?;16-,26?;13-,24?;6-,8-,9-,11-/m0001/s1. The number of aliphatic hydroxyl groups excluding tert-OH is 3. The summed E-state index contributed by atoms with van der Waals surface area (Å²) in [5.41, 5.74) is -8.08. The topological polar surface area (TPSA) is 432 Å². The summed E-state index contributed by atoms with van der Waals surface area (Å²) in [6.07, 6.45) is -2.05. The van der Waals surface area contributed by atoms with Crippen LogP contribution < -0.4 is 51.3 Å². The number of hydrogen-bond donors (Lipinski definition) is 10. The van der Waals surface area contributed by atoms with Crippen molar-refractivity contribution in [1.82, 2.24) is 34.4 Å². The van der Waals surface area contributed by atoms with E-state index >= 15 is 0 Å². The van der Waals surface area contributed by atoms with Crippen LogP contribution in [0.5, 0.6) is 17.2 Å². The number of carbonyl (C=O) groups excluding carboxylic acids is 3. The van der Waals surface area contributed by atoms with Gasteiger partial charge in [-0.15, -0.1) is 0 Å². The lowest BCUT2D eigenvalue weighted by atomic mass is 9.95. The quantitative estimate of drug-likeness (QED) is 0.00634. The van der Waals surface area contributed by atoms with Crippen LogP contribution in [0.25, 0.3) is 32.3 Å². The molecule has 14 atom stereocenters. The maximum Gasteiger partial charge on any atom is 0.459 e. The molecule has 10 N–H and O–H groups in total. The molecule has 2 saturated heterocycles. The fraction of sp³-hybridized carbons (Fsp3) is 0.408. The summed E-state index contributed by atoms with van der Waals surface area (Å²) in [6, 6.07) is 37.9. The minimum atomic E-state index is -4.44. The van der Waals surface area contributed by atoms with Gasteiger partial charge < -0.3 is 62.8 Å². The van der Waals surface area contributed by atoms with Crippen molar-refractivity contribution >= 4 is 107 Å². The molecule has 31 nitrogen and oxygen atoms in total. The van der Waals surface area contributed by atoms with Gasteiger partial charge in [0.05, 0.1) is 38.7 Å². The molecule has 2 aromatic heterocycles. The van der Waals surface area contributed by atoms with Gasteiger partial charge in [0, 0.05) is 62.7 Å². The number of hydrogen-bond acceptors (Lipinski definition) is 24. The molecule has 0 radical (unpaired) electrons. The molecular formula is C76H91Cl3N7O24P3. The molecule has 3 unspecified atom stereocenters. The van der Waals surface area contributed by atoms with Crippen LogP contribution in [0.2, 0.25) is 0 Å². The van der Waals surface area contributed by atoms with E-state index in [0.717, 1.165) is 92.7 Å². The summed E-state index contributed by atoms with van der Waals surface area (Å²) in [5, 5.41) is 68.5. The van der Waals surface area contributed by atoms with Crippen molar-refractivity contribution in [3.05, 3.63) is 194 Å². The van der Waals surface area contributed by atoms with Gasteiger partial charge in [-0.3, -0.25) is 52.2 Å². The Morgan fingerprint density at radius 3 is 1.28 bits per heavy atom. The molecule has 6 aromatic carbocycles. The van der Waals surface area contributed by atoms with Crippen molar-refractivity contribution in [1.29, 1.82) is 0 Å². The molecule has 0 saturated carbocycles. The number of fused-ring (bicyclic) bond motifs is 3. The Bertz CT molecular complexity index is 5090. The number of benzene rings is 6. The van der Waals surface area contributed by atoms with Crippen molar-refractivity contribution in [2.24, 2.45) is 0 Å². The summed E-state index contributed by atoms with van der Waals surface area (Å²) >= 11 is 16.8. The van der Waals surface area contributed by atoms with E-state index in [4.69, 9.17) is 81.3 Å². The molecule has 2 aliphatic rings. The van der Waals surface area contributed by atoms with E-state index in [0.29, 0.717) is 36.5 Å². The maximum atomic E-state index is 14.2. The second kappa shape index (κ2) is 42.8. The van der Waals surface area contributed by atoms with Crippen LogP contribution in [0.15, 0.2) is 171 Å². The Morgan fingerprint density at radius 1 is 0.531 bits per heavy atom. The number of aromatic amines is 2. The number of esters is 3. The fourth-order valence-corrected chi connectivity index (χ4v) is 16.2. The third-order valence-corrected chi connectivity index (χ3v) is 23.2. The minimum absolute atomic E-state index is 0.171. The summed E-state index contributed by atoms with van der Waals surface area (Å²) < 4.78 is 91.2. The normalized spacial score (nSPS) is 21.3. The first kappa shape index (κ1) is 91.7. The van der Waals surface area contributed by atoms with E-state index in [2.05, 4.69) is 27.1 Å². The van der Waals surface area contributed by atoms with Gasteiger partial charge >= 0.3 is 51.4 Å². The third kappa shape index (κ3) is 24.8. The molecule has 37 heteroatoms. The van der Waals surface area contributed by atoms with E-state index in [9.17, 15) is 67.7 Å². The lowest BCUT2D eigenvalue weighted by Gasteiger charge is -2.26. The minimum Gasteiger partial charge on any atom is -0.465 e. The molecule has 0 aliphatic carbocycles. The SMILES string of the molecule is CCCCOC(=O)[C@H](C)NP(=O)(Cl)Oc1cccc2ccccc12.CCCCOC(=O)[C@H](C)NP(=O)(OC[C@H]1O[C@@H](n2ccc(=O)[nH]c2=O)[C@@](O)(C#CCl)[C@@H]1O)Oc1cccc2ccccc12.CCCCOC(=O)[C@H](C)NP(=O)(Oc1cccc2ccccc12)C(C)C.O=c1ccn([C@@H]2O[C@H](CO)[C@@H](O)[C@]2(O)C#CCl)c(=O)[nH]1. The summed E-state index contributed by atoms with van der Waals surface area (Å²) in [7, 11) is -7.76. The fourth-order valence-electron chi connectivity index (χ4n) is 11.0. The molecule has 0 amide bonds. The average molecular weight is 1690 g/mol. The largest absolute Gasteiger partial charge is 0.465 e. The highest BCUT2D eigenvalue weighted by Crippen LogP contribution is 2.52. The van der Waals surface area contributed by atoms with E-state index in [1.807, 2.05) is 140 Å². The summed E-state index contributed by atoms with van der Waals surface area (Å²) in [5.74, 6) is 3.88. The average Bonchev–Trinajstić information content (AvgIpc) is 1.61. The number of halogens is 3. The van der Waals surface area contributed by atoms with Crippen LogP contribution in [0.1, 0.15) is 106 Å². The van der Waals surface area contributed by atoms with Gasteiger partial charge in [-0.05, 0) is 109 Å². The molecule has 10 rings (SSSR count). The number of aromatic nitrogens is 4. The Labute approximate surface area is 665 Å². The monoisotopic (exact) mass is 1680 g/mol. The molecule has 0 bridgehead atoms. The van der Waals surface area contributed by atoms with Crippen molar-refractivity contribution < 1.29 is 95.4 Å². The maximum absolute atomic E-state index is 14.2. The molecule has 8 aromatic rings. The number of nitrogens with one attached hydrogen (secondary N) is 5. The first-order valence-electron chi connectivity index (χ1n) is 35.9. The molecule has 2 fully saturated rings. The van der Waals surface area contributed by atoms with Crippen LogP contribution in [0.4, 0.5) is 0 Å². The molecule has 113 heavy (non-hydrogen) atoms. The number of nitrogens with zero attached hydrogens (tertiary/aromatic N) is 2. The van der Waals surface area contributed by atoms with Crippen LogP contribution in [-0.2, 0) is 56.3 Å². The highest BCUT2D eigenvalue weighted by Gasteiger charge is 2.58. The number of ether oxygens (including phenoxy) is 5. The van der Waals surface area contributed by atoms with Crippen LogP contribution in [0.3, 0.4) is 0 Å². The molecule has 4 heterocycles. The van der Waals surface area contributed by atoms with Crippen LogP contribution in [0, 0.1) is 22.6 Å². The highest BCUT2D eigenvalue weighted by molar-refractivity contribution is 7.84. The van der Waals surface area contributed by atoms with Crippen LogP contribution >= 0.6 is 56.6 Å². The van der Waals surface area contributed by atoms with Crippen molar-refractivity contribution in [3.63, 3.8) is 0 Å². The van der Waals surface area contributed by atoms with Gasteiger partial charge in [0.1, 0.15) is 59.8 Å². The van der Waals surface area contributed by atoms with E-state index < -0.39 is 142 Å². The van der Waals surface area contributed by atoms with E-state index in [1.165, 1.54) is 13.8 Å². The zero-order valence-corrected chi connectivity index (χ0v) is 67.8. The highest BCUT2D eigenvalue weighted by atomic mass is 35.7. The molecular weight excluding hydrogens is 1590 g/mol. The van der Waals surface area contributed by atoms with E-state index in [1.54, 1.807) is 49.4 Å². The van der Waals surface area contributed by atoms with Gasteiger partial charge in [-0.25, -0.2) is 28.9 Å². The predicted octanol–water partition coefficient (Wildman–Crippen LogP) is 10.2. The first-order chi connectivity index (χ1) is 53.7. The van der Waals surface area contributed by atoms with Gasteiger partial charge in [-0.1, -0.05) is 163 Å². The Kier molecular flexibility index (Phi) is 34.7. The van der Waals surface area contributed by atoms with Gasteiger partial charge in [0.2, 0.25) is 11.2 Å². The van der Waals surface area contributed by atoms with Gasteiger partial charge in [0.15, 0.2) is 12.5 Å². The summed E-state index contributed by atoms with van der Waals surface area (Å²) in [6.45, 7) is 10.1. The first-order valence-corrected chi connectivity index (χ1v) is 42.4. The lowest BCUT2D eigenvalue weighted by Crippen LogP contribution is -2.48. The van der Waals surface area contributed by atoms with Crippen molar-refractivity contribution in [2.45, 2.75) is 166 Å². The number of unbranched alkanes of at least 4 members (excludes halogenated alkanes) is 3. The Hall–Kier alpha value is -8.49. The number of carbonyl (C=O) groups is 3. The Balaban J connectivity index is 0.000000219. The zero-order valence-electron chi connectivity index (χ0n) is 62.8. The third-order valence-electron chi connectivity index (χ3n) is 17.2. The number of rotatable bonds is 31. The molecule has 610 valence electrons. The zero-order chi connectivity index (χ0) is 82.8. The Morgan fingerprint density at radius 2 is 0.894 bits per heavy atom. The molecule has 2 aliphatic heterocycles. The van der Waals surface area contributed by atoms with Gasteiger partial charge in [-0.2, -0.15) is 5.09 Å². The van der Waals surface area contributed by atoms with Crippen LogP contribution in [-0.4, -0.2) is 155 Å². The number of aliphatic hydroxyl groups is 5. The van der Waals surface area contributed by atoms with Crippen molar-refractivity contribution in [3.8, 4) is 39.8 Å².